The van der Waals surface area contributed by atoms with Gasteiger partial charge >= 0.3 is 5.97 Å². The highest BCUT2D eigenvalue weighted by Crippen LogP contribution is 2.27. The molecule has 0 saturated carbocycles. The number of rotatable bonds is 5. The Bertz CT molecular complexity index is 246. The lowest BCUT2D eigenvalue weighted by atomic mass is 9.83. The molecule has 0 aliphatic heterocycles. The lowest BCUT2D eigenvalue weighted by molar-refractivity contribution is -0.145. The van der Waals surface area contributed by atoms with Crippen molar-refractivity contribution in [2.24, 2.45) is 5.41 Å². The molecule has 0 amide bonds. The van der Waals surface area contributed by atoms with E-state index in [0.717, 1.165) is 0 Å². The van der Waals surface area contributed by atoms with Gasteiger partial charge in [0.15, 0.2) is 0 Å². The molecule has 0 aliphatic carbocycles. The van der Waals surface area contributed by atoms with Crippen LogP contribution >= 0.6 is 0 Å². The number of carbonyl (C=O) groups is 1. The van der Waals surface area contributed by atoms with Gasteiger partial charge in [-0.2, -0.15) is 0 Å². The highest BCUT2D eigenvalue weighted by atomic mass is 16.5. The second-order valence-electron chi connectivity index (χ2n) is 4.13. The van der Waals surface area contributed by atoms with Gasteiger partial charge in [0, 0.05) is 13.3 Å². The molecule has 0 heterocycles. The summed E-state index contributed by atoms with van der Waals surface area (Å²) >= 11 is 0. The summed E-state index contributed by atoms with van der Waals surface area (Å²) in [6, 6.07) is 0. The molecule has 0 aromatic heterocycles. The SMILES string of the molecule is C#CCC(C)(C)CC(C=C)OC(C)=O. The van der Waals surface area contributed by atoms with Gasteiger partial charge < -0.3 is 4.74 Å². The summed E-state index contributed by atoms with van der Waals surface area (Å²) < 4.78 is 5.06. The van der Waals surface area contributed by atoms with Crippen molar-refractivity contribution in [3.8, 4) is 12.3 Å². The predicted octanol–water partition coefficient (Wildman–Crippen LogP) is 2.54. The van der Waals surface area contributed by atoms with Gasteiger partial charge in [0.1, 0.15) is 6.10 Å². The summed E-state index contributed by atoms with van der Waals surface area (Å²) in [5, 5.41) is 0. The zero-order valence-corrected chi connectivity index (χ0v) is 9.17. The molecule has 0 saturated heterocycles. The van der Waals surface area contributed by atoms with E-state index >= 15 is 0 Å². The number of ether oxygens (including phenoxy) is 1. The molecule has 0 rings (SSSR count). The number of terminal acetylenes is 1. The van der Waals surface area contributed by atoms with Crippen molar-refractivity contribution in [2.75, 3.05) is 0 Å². The highest BCUT2D eigenvalue weighted by molar-refractivity contribution is 5.66. The van der Waals surface area contributed by atoms with Crippen LogP contribution in [-0.4, -0.2) is 12.1 Å². The van der Waals surface area contributed by atoms with Crippen LogP contribution in [-0.2, 0) is 9.53 Å². The molecular weight excluding hydrogens is 176 g/mol. The molecule has 1 unspecified atom stereocenters. The fourth-order valence-corrected chi connectivity index (χ4v) is 1.28. The van der Waals surface area contributed by atoms with Crippen LogP contribution in [0.1, 0.15) is 33.6 Å². The molecular formula is C12H18O2. The van der Waals surface area contributed by atoms with Gasteiger partial charge in [-0.05, 0) is 11.8 Å². The summed E-state index contributed by atoms with van der Waals surface area (Å²) in [4.78, 5) is 10.7. The third-order valence-corrected chi connectivity index (χ3v) is 1.91. The second-order valence-corrected chi connectivity index (χ2v) is 4.13. The fraction of sp³-hybridized carbons (Fsp3) is 0.583. The van der Waals surface area contributed by atoms with Crippen LogP contribution in [0.15, 0.2) is 12.7 Å². The van der Waals surface area contributed by atoms with Crippen molar-refractivity contribution in [3.63, 3.8) is 0 Å². The maximum absolute atomic E-state index is 10.7. The summed E-state index contributed by atoms with van der Waals surface area (Å²) in [6.45, 7) is 9.12. The number of hydrogen-bond donors (Lipinski definition) is 0. The quantitative estimate of drug-likeness (QED) is 0.382. The van der Waals surface area contributed by atoms with Gasteiger partial charge in [0.25, 0.3) is 0 Å². The maximum Gasteiger partial charge on any atom is 0.303 e. The van der Waals surface area contributed by atoms with E-state index in [1.165, 1.54) is 6.92 Å². The Morgan fingerprint density at radius 3 is 2.64 bits per heavy atom. The number of carbonyl (C=O) groups excluding carboxylic acids is 1. The molecule has 14 heavy (non-hydrogen) atoms. The molecule has 1 atom stereocenters. The van der Waals surface area contributed by atoms with E-state index < -0.39 is 0 Å². The maximum atomic E-state index is 10.7. The first-order chi connectivity index (χ1) is 6.41. The van der Waals surface area contributed by atoms with E-state index in [4.69, 9.17) is 11.2 Å². The Balaban J connectivity index is 4.24. The van der Waals surface area contributed by atoms with Crippen LogP contribution in [0, 0.1) is 17.8 Å². The summed E-state index contributed by atoms with van der Waals surface area (Å²) in [6.07, 6.45) is 8.02. The van der Waals surface area contributed by atoms with Crippen LogP contribution in [0.2, 0.25) is 0 Å². The lowest BCUT2D eigenvalue weighted by Gasteiger charge is -2.25. The molecule has 0 aromatic carbocycles. The molecule has 0 bridgehead atoms. The zero-order chi connectivity index (χ0) is 11.2. The Kier molecular flexibility index (Phi) is 5.01. The summed E-state index contributed by atoms with van der Waals surface area (Å²) in [7, 11) is 0. The Hall–Kier alpha value is -1.23. The zero-order valence-electron chi connectivity index (χ0n) is 9.17. The van der Waals surface area contributed by atoms with E-state index in [1.54, 1.807) is 6.08 Å². The monoisotopic (exact) mass is 194 g/mol. The van der Waals surface area contributed by atoms with Gasteiger partial charge in [-0.1, -0.05) is 26.5 Å². The standard InChI is InChI=1S/C12H18O2/c1-6-8-12(4,5)9-11(7-2)14-10(3)13/h1,7,11H,2,8-9H2,3-5H3. The minimum Gasteiger partial charge on any atom is -0.458 e. The normalized spacial score (nSPS) is 12.7. The van der Waals surface area contributed by atoms with Crippen molar-refractivity contribution >= 4 is 5.97 Å². The van der Waals surface area contributed by atoms with Crippen molar-refractivity contribution in [3.05, 3.63) is 12.7 Å². The van der Waals surface area contributed by atoms with Crippen molar-refractivity contribution in [2.45, 2.75) is 39.7 Å². The first kappa shape index (κ1) is 12.8. The minimum absolute atomic E-state index is 0.0247. The summed E-state index contributed by atoms with van der Waals surface area (Å²) in [5.41, 5.74) is -0.0247. The van der Waals surface area contributed by atoms with Crippen LogP contribution in [0.4, 0.5) is 0 Å². The molecule has 0 fully saturated rings. The smallest absolute Gasteiger partial charge is 0.303 e. The average molecular weight is 194 g/mol. The predicted molar refractivity (Wildman–Crippen MR) is 57.6 cm³/mol. The molecule has 0 N–H and O–H groups in total. The van der Waals surface area contributed by atoms with E-state index in [9.17, 15) is 4.79 Å². The van der Waals surface area contributed by atoms with Gasteiger partial charge in [0.05, 0.1) is 0 Å². The van der Waals surface area contributed by atoms with Gasteiger partial charge in [0.2, 0.25) is 0 Å². The third kappa shape index (κ3) is 5.42. The van der Waals surface area contributed by atoms with Crippen molar-refractivity contribution < 1.29 is 9.53 Å². The van der Waals surface area contributed by atoms with Crippen LogP contribution < -0.4 is 0 Å². The first-order valence-corrected chi connectivity index (χ1v) is 4.64. The number of hydrogen-bond acceptors (Lipinski definition) is 2. The highest BCUT2D eigenvalue weighted by Gasteiger charge is 2.22. The van der Waals surface area contributed by atoms with Crippen molar-refractivity contribution in [1.82, 2.24) is 0 Å². The Morgan fingerprint density at radius 2 is 2.29 bits per heavy atom. The molecule has 2 heteroatoms. The van der Waals surface area contributed by atoms with Crippen LogP contribution in [0.25, 0.3) is 0 Å². The largest absolute Gasteiger partial charge is 0.458 e. The summed E-state index contributed by atoms with van der Waals surface area (Å²) in [5.74, 6) is 2.33. The van der Waals surface area contributed by atoms with Crippen molar-refractivity contribution in [1.29, 1.82) is 0 Å². The van der Waals surface area contributed by atoms with Gasteiger partial charge in [-0.25, -0.2) is 0 Å². The molecule has 0 spiro atoms. The van der Waals surface area contributed by atoms with Crippen LogP contribution in [0.3, 0.4) is 0 Å². The minimum atomic E-state index is -0.286. The first-order valence-electron chi connectivity index (χ1n) is 4.64. The van der Waals surface area contributed by atoms with Gasteiger partial charge in [-0.15, -0.1) is 12.3 Å². The molecule has 0 aromatic rings. The van der Waals surface area contributed by atoms with Gasteiger partial charge in [-0.3, -0.25) is 4.79 Å². The lowest BCUT2D eigenvalue weighted by Crippen LogP contribution is -2.22. The van der Waals surface area contributed by atoms with E-state index in [1.807, 2.05) is 13.8 Å². The average Bonchev–Trinajstić information content (AvgIpc) is 2.01. The van der Waals surface area contributed by atoms with E-state index in [2.05, 4.69) is 12.5 Å². The Labute approximate surface area is 86.3 Å². The molecule has 2 nitrogen and oxygen atoms in total. The topological polar surface area (TPSA) is 26.3 Å². The molecule has 78 valence electrons. The Morgan fingerprint density at radius 1 is 1.71 bits per heavy atom. The second kappa shape index (κ2) is 5.49. The fourth-order valence-electron chi connectivity index (χ4n) is 1.28. The van der Waals surface area contributed by atoms with Crippen LogP contribution in [0.5, 0.6) is 0 Å². The molecule has 0 aliphatic rings. The van der Waals surface area contributed by atoms with E-state index in [0.29, 0.717) is 12.8 Å². The molecule has 0 radical (unpaired) electrons. The third-order valence-electron chi connectivity index (χ3n) is 1.91. The number of esters is 1. The van der Waals surface area contributed by atoms with E-state index in [-0.39, 0.29) is 17.5 Å².